The minimum Gasteiger partial charge on any atom is -0.435 e. The second-order valence-corrected chi connectivity index (χ2v) is 9.15. The smallest absolute Gasteiger partial charge is 0.305 e. The van der Waals surface area contributed by atoms with Crippen LogP contribution >= 0.6 is 0 Å². The van der Waals surface area contributed by atoms with Gasteiger partial charge in [0.15, 0.2) is 0 Å². The number of hydrogen-bond donors (Lipinski definition) is 0. The Morgan fingerprint density at radius 1 is 1.24 bits per heavy atom. The molecule has 1 heterocycles. The van der Waals surface area contributed by atoms with Crippen LogP contribution in [0.25, 0.3) is 0 Å². The Morgan fingerprint density at radius 2 is 1.93 bits per heavy atom. The minimum absolute atomic E-state index is 0.00883. The van der Waals surface area contributed by atoms with Crippen LogP contribution in [0.4, 0.5) is 0 Å². The standard InChI is InChI=1S/C24H34O5/c1-7-15(2)11-13-23(6)16(3)12-14-24-19(9-8-10-20(23)24)21(27-17(4)25)29-22(24)28-18(5)26/h7,9,11,16,20-22H,1,8,10,12-14H2,2-6H3/b15-11-/t16-,20+,21+,22+,23-,24-/m0/s1. The zero-order valence-electron chi connectivity index (χ0n) is 18.3. The zero-order valence-corrected chi connectivity index (χ0v) is 18.3. The molecule has 2 fully saturated rings. The molecule has 5 nitrogen and oxygen atoms in total. The normalized spacial score (nSPS) is 39.1. The van der Waals surface area contributed by atoms with Crippen LogP contribution in [-0.4, -0.2) is 24.5 Å². The SMILES string of the molecule is C=C/C(C)=C\C[C@]1(C)[C@H]2CCC=C3[C@H](OC(C)=O)O[C@@H](OC(C)=O)[C@@]32CC[C@@H]1C. The van der Waals surface area contributed by atoms with Gasteiger partial charge in [-0.25, -0.2) is 0 Å². The van der Waals surface area contributed by atoms with Crippen molar-refractivity contribution in [1.29, 1.82) is 0 Å². The van der Waals surface area contributed by atoms with E-state index in [2.05, 4.69) is 39.5 Å². The minimum atomic E-state index is -0.775. The Bertz CT molecular complexity index is 750. The van der Waals surface area contributed by atoms with Crippen LogP contribution in [0.2, 0.25) is 0 Å². The van der Waals surface area contributed by atoms with Gasteiger partial charge in [-0.05, 0) is 56.3 Å². The van der Waals surface area contributed by atoms with E-state index in [-0.39, 0.29) is 17.3 Å². The predicted molar refractivity (Wildman–Crippen MR) is 111 cm³/mol. The Kier molecular flexibility index (Phi) is 6.09. The maximum Gasteiger partial charge on any atom is 0.305 e. The van der Waals surface area contributed by atoms with Gasteiger partial charge in [-0.1, -0.05) is 44.2 Å². The van der Waals surface area contributed by atoms with E-state index in [1.165, 1.54) is 19.4 Å². The van der Waals surface area contributed by atoms with Crippen LogP contribution < -0.4 is 0 Å². The highest BCUT2D eigenvalue weighted by Crippen LogP contribution is 2.66. The quantitative estimate of drug-likeness (QED) is 0.365. The van der Waals surface area contributed by atoms with Gasteiger partial charge in [-0.3, -0.25) is 14.3 Å². The van der Waals surface area contributed by atoms with Crippen molar-refractivity contribution in [2.45, 2.75) is 79.3 Å². The lowest BCUT2D eigenvalue weighted by Gasteiger charge is -2.57. The van der Waals surface area contributed by atoms with E-state index in [1.54, 1.807) is 0 Å². The molecule has 0 aromatic heterocycles. The van der Waals surface area contributed by atoms with Crippen molar-refractivity contribution in [3.05, 3.63) is 36.0 Å². The number of allylic oxidation sites excluding steroid dienone is 4. The summed E-state index contributed by atoms with van der Waals surface area (Å²) >= 11 is 0. The van der Waals surface area contributed by atoms with E-state index in [0.717, 1.165) is 37.7 Å². The lowest BCUT2D eigenvalue weighted by atomic mass is 9.46. The highest BCUT2D eigenvalue weighted by Gasteiger charge is 2.66. The van der Waals surface area contributed by atoms with Crippen LogP contribution in [0, 0.1) is 22.7 Å². The molecule has 0 bridgehead atoms. The predicted octanol–water partition coefficient (Wildman–Crippen LogP) is 5.08. The first-order valence-electron chi connectivity index (χ1n) is 10.6. The number of esters is 2. The summed E-state index contributed by atoms with van der Waals surface area (Å²) in [5.74, 6) is 0.00184. The van der Waals surface area contributed by atoms with Crippen molar-refractivity contribution >= 4 is 11.9 Å². The molecule has 0 radical (unpaired) electrons. The lowest BCUT2D eigenvalue weighted by Crippen LogP contribution is -2.55. The van der Waals surface area contributed by atoms with Gasteiger partial charge in [0.1, 0.15) is 0 Å². The Hall–Kier alpha value is -1.88. The lowest BCUT2D eigenvalue weighted by molar-refractivity contribution is -0.234. The number of rotatable bonds is 5. The molecule has 29 heavy (non-hydrogen) atoms. The molecular weight excluding hydrogens is 368 g/mol. The third-order valence-electron chi connectivity index (χ3n) is 7.55. The summed E-state index contributed by atoms with van der Waals surface area (Å²) in [7, 11) is 0. The van der Waals surface area contributed by atoms with E-state index in [1.807, 2.05) is 6.08 Å². The van der Waals surface area contributed by atoms with Gasteiger partial charge in [0, 0.05) is 19.4 Å². The molecule has 2 aliphatic carbocycles. The van der Waals surface area contributed by atoms with Gasteiger partial charge < -0.3 is 9.47 Å². The molecule has 0 N–H and O–H groups in total. The maximum absolute atomic E-state index is 11.9. The monoisotopic (exact) mass is 402 g/mol. The summed E-state index contributed by atoms with van der Waals surface area (Å²) in [6.07, 6.45) is 9.49. The average Bonchev–Trinajstić information content (AvgIpc) is 2.95. The fourth-order valence-corrected chi connectivity index (χ4v) is 5.79. The van der Waals surface area contributed by atoms with Crippen molar-refractivity contribution in [3.8, 4) is 0 Å². The summed E-state index contributed by atoms with van der Waals surface area (Å²) in [6, 6.07) is 0. The number of ether oxygens (including phenoxy) is 3. The highest BCUT2D eigenvalue weighted by atomic mass is 16.8. The fraction of sp³-hybridized carbons (Fsp3) is 0.667. The number of carbonyl (C=O) groups is 2. The molecule has 3 aliphatic rings. The topological polar surface area (TPSA) is 61.8 Å². The summed E-state index contributed by atoms with van der Waals surface area (Å²) in [6.45, 7) is 13.4. The van der Waals surface area contributed by atoms with Gasteiger partial charge in [0.25, 0.3) is 0 Å². The van der Waals surface area contributed by atoms with Crippen molar-refractivity contribution in [2.75, 3.05) is 0 Å². The van der Waals surface area contributed by atoms with Gasteiger partial charge in [0.2, 0.25) is 12.6 Å². The van der Waals surface area contributed by atoms with Gasteiger partial charge >= 0.3 is 11.9 Å². The third-order valence-corrected chi connectivity index (χ3v) is 7.55. The molecule has 0 unspecified atom stereocenters. The van der Waals surface area contributed by atoms with Crippen LogP contribution in [0.15, 0.2) is 36.0 Å². The van der Waals surface area contributed by atoms with Crippen LogP contribution in [-0.2, 0) is 23.8 Å². The Balaban J connectivity index is 2.07. The van der Waals surface area contributed by atoms with Crippen LogP contribution in [0.3, 0.4) is 0 Å². The second-order valence-electron chi connectivity index (χ2n) is 9.15. The molecule has 1 spiro atoms. The molecule has 1 aliphatic heterocycles. The number of carbonyl (C=O) groups excluding carboxylic acids is 2. The molecule has 0 aromatic rings. The van der Waals surface area contributed by atoms with E-state index in [0.29, 0.717) is 5.92 Å². The van der Waals surface area contributed by atoms with Crippen LogP contribution in [0.5, 0.6) is 0 Å². The number of hydrogen-bond acceptors (Lipinski definition) is 5. The van der Waals surface area contributed by atoms with Crippen molar-refractivity contribution < 1.29 is 23.8 Å². The highest BCUT2D eigenvalue weighted by molar-refractivity contribution is 5.67. The molecule has 1 saturated carbocycles. The second kappa shape index (κ2) is 8.10. The Labute approximate surface area is 174 Å². The van der Waals surface area contributed by atoms with E-state index in [4.69, 9.17) is 14.2 Å². The molecule has 0 aromatic carbocycles. The van der Waals surface area contributed by atoms with E-state index >= 15 is 0 Å². The maximum atomic E-state index is 11.9. The largest absolute Gasteiger partial charge is 0.435 e. The molecule has 0 amide bonds. The molecule has 5 heteroatoms. The first-order chi connectivity index (χ1) is 13.6. The van der Waals surface area contributed by atoms with Crippen molar-refractivity contribution in [3.63, 3.8) is 0 Å². The molecule has 160 valence electrons. The van der Waals surface area contributed by atoms with E-state index < -0.39 is 24.0 Å². The fourth-order valence-electron chi connectivity index (χ4n) is 5.79. The third kappa shape index (κ3) is 3.70. The first kappa shape index (κ1) is 21.8. The van der Waals surface area contributed by atoms with Crippen molar-refractivity contribution in [2.24, 2.45) is 22.7 Å². The van der Waals surface area contributed by atoms with Crippen molar-refractivity contribution in [1.82, 2.24) is 0 Å². The molecule has 3 rings (SSSR count). The zero-order chi connectivity index (χ0) is 21.4. The van der Waals surface area contributed by atoms with E-state index in [9.17, 15) is 9.59 Å². The van der Waals surface area contributed by atoms with Gasteiger partial charge in [-0.2, -0.15) is 0 Å². The molecule has 1 saturated heterocycles. The summed E-state index contributed by atoms with van der Waals surface area (Å²) in [5.41, 5.74) is 1.72. The molecule has 6 atom stereocenters. The summed E-state index contributed by atoms with van der Waals surface area (Å²) in [5, 5.41) is 0. The summed E-state index contributed by atoms with van der Waals surface area (Å²) < 4.78 is 17.3. The summed E-state index contributed by atoms with van der Waals surface area (Å²) in [4.78, 5) is 23.6. The van der Waals surface area contributed by atoms with Crippen LogP contribution in [0.1, 0.15) is 66.7 Å². The average molecular weight is 403 g/mol. The van der Waals surface area contributed by atoms with Gasteiger partial charge in [0.05, 0.1) is 5.41 Å². The molecular formula is C24H34O5. The Morgan fingerprint density at radius 3 is 2.55 bits per heavy atom. The first-order valence-corrected chi connectivity index (χ1v) is 10.6. The van der Waals surface area contributed by atoms with Gasteiger partial charge in [-0.15, -0.1) is 0 Å².